The molecule has 2 fully saturated rings. The summed E-state index contributed by atoms with van der Waals surface area (Å²) >= 11 is 0. The smallest absolute Gasteiger partial charge is 0.274 e. The first-order valence-electron chi connectivity index (χ1n) is 6.76. The van der Waals surface area contributed by atoms with E-state index in [4.69, 9.17) is 4.74 Å². The second-order valence-corrected chi connectivity index (χ2v) is 5.62. The summed E-state index contributed by atoms with van der Waals surface area (Å²) in [4.78, 5) is 12.4. The van der Waals surface area contributed by atoms with Crippen molar-refractivity contribution in [3.05, 3.63) is 28.7 Å². The molecule has 0 radical (unpaired) electrons. The Kier molecular flexibility index (Phi) is 2.90. The van der Waals surface area contributed by atoms with Gasteiger partial charge in [-0.1, -0.05) is 0 Å². The van der Waals surface area contributed by atoms with Gasteiger partial charge in [-0.3, -0.25) is 4.79 Å². The largest absolute Gasteiger partial charge is 0.378 e. The summed E-state index contributed by atoms with van der Waals surface area (Å²) in [6, 6.07) is 4.29. The Bertz CT molecular complexity index is 495. The molecule has 4 heteroatoms. The molecule has 1 saturated carbocycles. The highest BCUT2D eigenvalue weighted by atomic mass is 16.5. The van der Waals surface area contributed by atoms with Crippen LogP contribution < -0.4 is 10.9 Å². The summed E-state index contributed by atoms with van der Waals surface area (Å²) in [5.41, 5.74) is 0.763. The lowest BCUT2D eigenvalue weighted by Crippen LogP contribution is -2.44. The molecular weight excluding hydrogens is 228 g/mol. The van der Waals surface area contributed by atoms with Crippen LogP contribution in [0.5, 0.6) is 0 Å². The molecule has 1 aromatic heterocycles. The van der Waals surface area contributed by atoms with Gasteiger partial charge in [0.1, 0.15) is 5.69 Å². The van der Waals surface area contributed by atoms with Gasteiger partial charge in [0.2, 0.25) is 0 Å². The molecule has 0 aromatic carbocycles. The number of anilines is 1. The molecule has 1 saturated heterocycles. The molecule has 98 valence electrons. The molecule has 1 N–H and O–H groups in total. The first-order valence-corrected chi connectivity index (χ1v) is 6.76. The second-order valence-electron chi connectivity index (χ2n) is 5.62. The zero-order chi connectivity index (χ0) is 12.7. The minimum absolute atomic E-state index is 0.0742. The van der Waals surface area contributed by atoms with E-state index in [0.29, 0.717) is 11.6 Å². The van der Waals surface area contributed by atoms with Crippen LogP contribution in [-0.2, 0) is 4.74 Å². The number of nitrogens with one attached hydrogen (secondary N) is 1. The Labute approximate surface area is 107 Å². The first-order chi connectivity index (χ1) is 8.66. The van der Waals surface area contributed by atoms with E-state index in [9.17, 15) is 4.79 Å². The van der Waals surface area contributed by atoms with Crippen molar-refractivity contribution in [2.45, 2.75) is 44.9 Å². The predicted octanol–water partition coefficient (Wildman–Crippen LogP) is 2.02. The molecule has 2 aliphatic rings. The Morgan fingerprint density at radius 3 is 3.06 bits per heavy atom. The van der Waals surface area contributed by atoms with Gasteiger partial charge in [0.05, 0.1) is 12.1 Å². The molecule has 3 atom stereocenters. The van der Waals surface area contributed by atoms with Gasteiger partial charge in [-0.05, 0) is 44.7 Å². The third-order valence-electron chi connectivity index (χ3n) is 3.96. The average Bonchev–Trinajstić information content (AvgIpc) is 2.65. The third-order valence-corrected chi connectivity index (χ3v) is 3.96. The minimum atomic E-state index is 0.0742. The standard InChI is InChI=1S/C14H20N2O2/c1-9(2)15-11-4-3-6-16(14(11)17)12-8-10-5-7-18-13(10)12/h3-4,6,9-10,12-13,15H,5,7-8H2,1-2H3. The monoisotopic (exact) mass is 248 g/mol. The van der Waals surface area contributed by atoms with Crippen LogP contribution in [0.1, 0.15) is 32.7 Å². The van der Waals surface area contributed by atoms with Gasteiger partial charge in [0.15, 0.2) is 0 Å². The molecular formula is C14H20N2O2. The number of rotatable bonds is 3. The van der Waals surface area contributed by atoms with Crippen LogP contribution >= 0.6 is 0 Å². The fourth-order valence-electron chi connectivity index (χ4n) is 3.05. The number of ether oxygens (including phenoxy) is 1. The van der Waals surface area contributed by atoms with Crippen LogP contribution in [0.15, 0.2) is 23.1 Å². The fraction of sp³-hybridized carbons (Fsp3) is 0.643. The Morgan fingerprint density at radius 1 is 1.50 bits per heavy atom. The summed E-state index contributed by atoms with van der Waals surface area (Å²) in [6.45, 7) is 4.93. The molecule has 18 heavy (non-hydrogen) atoms. The highest BCUT2D eigenvalue weighted by Gasteiger charge is 2.46. The number of aromatic nitrogens is 1. The Morgan fingerprint density at radius 2 is 2.33 bits per heavy atom. The summed E-state index contributed by atoms with van der Waals surface area (Å²) in [7, 11) is 0. The van der Waals surface area contributed by atoms with E-state index >= 15 is 0 Å². The molecule has 1 aromatic rings. The third kappa shape index (κ3) is 1.85. The minimum Gasteiger partial charge on any atom is -0.378 e. The molecule has 1 aliphatic heterocycles. The number of hydrogen-bond acceptors (Lipinski definition) is 3. The highest BCUT2D eigenvalue weighted by Crippen LogP contribution is 2.45. The molecule has 3 unspecified atom stereocenters. The zero-order valence-corrected chi connectivity index (χ0v) is 10.9. The van der Waals surface area contributed by atoms with Crippen LogP contribution in [0, 0.1) is 5.92 Å². The maximum absolute atomic E-state index is 12.4. The van der Waals surface area contributed by atoms with Crippen molar-refractivity contribution in [3.63, 3.8) is 0 Å². The number of hydrogen-bond donors (Lipinski definition) is 1. The van der Waals surface area contributed by atoms with E-state index in [-0.39, 0.29) is 23.7 Å². The molecule has 0 amide bonds. The number of fused-ring (bicyclic) bond motifs is 1. The second kappa shape index (κ2) is 4.43. The average molecular weight is 248 g/mol. The molecule has 0 spiro atoms. The Balaban J connectivity index is 1.86. The topological polar surface area (TPSA) is 43.3 Å². The van der Waals surface area contributed by atoms with Crippen molar-refractivity contribution in [1.82, 2.24) is 4.57 Å². The van der Waals surface area contributed by atoms with Crippen LogP contribution in [0.3, 0.4) is 0 Å². The summed E-state index contributed by atoms with van der Waals surface area (Å²) in [6.07, 6.45) is 4.38. The SMILES string of the molecule is CC(C)Nc1cccn(C2CC3CCOC32)c1=O. The molecule has 2 heterocycles. The summed E-state index contributed by atoms with van der Waals surface area (Å²) in [5.74, 6) is 0.670. The van der Waals surface area contributed by atoms with Crippen LogP contribution in [-0.4, -0.2) is 23.3 Å². The van der Waals surface area contributed by atoms with E-state index < -0.39 is 0 Å². The van der Waals surface area contributed by atoms with Crippen molar-refractivity contribution in [3.8, 4) is 0 Å². The van der Waals surface area contributed by atoms with E-state index in [1.54, 1.807) is 0 Å². The van der Waals surface area contributed by atoms with Gasteiger partial charge in [-0.25, -0.2) is 0 Å². The molecule has 3 rings (SSSR count). The van der Waals surface area contributed by atoms with E-state index in [0.717, 1.165) is 19.4 Å². The van der Waals surface area contributed by atoms with E-state index in [2.05, 4.69) is 5.32 Å². The first kappa shape index (κ1) is 11.8. The van der Waals surface area contributed by atoms with Gasteiger partial charge in [0, 0.05) is 18.8 Å². The molecule has 0 bridgehead atoms. The predicted molar refractivity (Wildman–Crippen MR) is 71.0 cm³/mol. The van der Waals surface area contributed by atoms with E-state index in [1.807, 2.05) is 36.7 Å². The van der Waals surface area contributed by atoms with Crippen LogP contribution in [0.4, 0.5) is 5.69 Å². The van der Waals surface area contributed by atoms with Crippen LogP contribution in [0.2, 0.25) is 0 Å². The van der Waals surface area contributed by atoms with Crippen LogP contribution in [0.25, 0.3) is 0 Å². The quantitative estimate of drug-likeness (QED) is 0.890. The van der Waals surface area contributed by atoms with Crippen molar-refractivity contribution in [2.24, 2.45) is 5.92 Å². The normalized spacial score (nSPS) is 30.1. The lowest BCUT2D eigenvalue weighted by molar-refractivity contribution is -0.0195. The zero-order valence-electron chi connectivity index (χ0n) is 10.9. The lowest BCUT2D eigenvalue weighted by atomic mass is 9.76. The maximum Gasteiger partial charge on any atom is 0.274 e. The van der Waals surface area contributed by atoms with Crippen molar-refractivity contribution in [2.75, 3.05) is 11.9 Å². The maximum atomic E-state index is 12.4. The van der Waals surface area contributed by atoms with Crippen molar-refractivity contribution >= 4 is 5.69 Å². The molecule has 4 nitrogen and oxygen atoms in total. The van der Waals surface area contributed by atoms with Gasteiger partial charge in [-0.2, -0.15) is 0 Å². The highest BCUT2D eigenvalue weighted by molar-refractivity contribution is 5.41. The summed E-state index contributed by atoms with van der Waals surface area (Å²) in [5, 5.41) is 3.20. The van der Waals surface area contributed by atoms with Gasteiger partial charge in [-0.15, -0.1) is 0 Å². The fourth-order valence-corrected chi connectivity index (χ4v) is 3.05. The van der Waals surface area contributed by atoms with Gasteiger partial charge >= 0.3 is 0 Å². The number of pyridine rings is 1. The Hall–Kier alpha value is -1.29. The number of nitrogens with zero attached hydrogens (tertiary/aromatic N) is 1. The van der Waals surface area contributed by atoms with Crippen molar-refractivity contribution < 1.29 is 4.74 Å². The van der Waals surface area contributed by atoms with Crippen molar-refractivity contribution in [1.29, 1.82) is 0 Å². The lowest BCUT2D eigenvalue weighted by Gasteiger charge is -2.40. The van der Waals surface area contributed by atoms with Gasteiger partial charge in [0.25, 0.3) is 5.56 Å². The summed E-state index contributed by atoms with van der Waals surface area (Å²) < 4.78 is 7.56. The van der Waals surface area contributed by atoms with E-state index in [1.165, 1.54) is 0 Å². The van der Waals surface area contributed by atoms with Gasteiger partial charge < -0.3 is 14.6 Å². The molecule has 1 aliphatic carbocycles.